The maximum atomic E-state index is 13.3. The normalized spacial score (nSPS) is 12.8. The first-order valence-corrected chi connectivity index (χ1v) is 7.94. The SMILES string of the molecule is OC(Cc1cc(F)cc(Br)c1)c1cc2ccc(F)cc2s1. The molecule has 0 aliphatic rings. The number of benzene rings is 2. The molecule has 0 amide bonds. The monoisotopic (exact) mass is 368 g/mol. The van der Waals surface area contributed by atoms with Gasteiger partial charge in [-0.05, 0) is 47.3 Å². The Kier molecular flexibility index (Phi) is 4.06. The average molecular weight is 369 g/mol. The lowest BCUT2D eigenvalue weighted by Crippen LogP contribution is -2.00. The minimum atomic E-state index is -0.737. The highest BCUT2D eigenvalue weighted by molar-refractivity contribution is 9.10. The Bertz CT molecular complexity index is 780. The van der Waals surface area contributed by atoms with Crippen molar-refractivity contribution in [1.82, 2.24) is 0 Å². The van der Waals surface area contributed by atoms with Crippen molar-refractivity contribution in [2.45, 2.75) is 12.5 Å². The Morgan fingerprint density at radius 2 is 1.86 bits per heavy atom. The van der Waals surface area contributed by atoms with Crippen LogP contribution in [0.4, 0.5) is 8.78 Å². The summed E-state index contributed by atoms with van der Waals surface area (Å²) in [7, 11) is 0. The van der Waals surface area contributed by atoms with Gasteiger partial charge >= 0.3 is 0 Å². The Morgan fingerprint density at radius 1 is 1.05 bits per heavy atom. The number of rotatable bonds is 3. The van der Waals surface area contributed by atoms with Crippen LogP contribution in [0.5, 0.6) is 0 Å². The molecule has 3 rings (SSSR count). The maximum absolute atomic E-state index is 13.3. The highest BCUT2D eigenvalue weighted by Crippen LogP contribution is 2.32. The van der Waals surface area contributed by atoms with Crippen molar-refractivity contribution in [1.29, 1.82) is 0 Å². The molecule has 0 aliphatic heterocycles. The molecule has 0 radical (unpaired) electrons. The molecule has 1 nitrogen and oxygen atoms in total. The summed E-state index contributed by atoms with van der Waals surface area (Å²) in [4.78, 5) is 0.746. The second-order valence-electron chi connectivity index (χ2n) is 4.83. The second-order valence-corrected chi connectivity index (χ2v) is 6.86. The summed E-state index contributed by atoms with van der Waals surface area (Å²) in [5.41, 5.74) is 0.706. The Hall–Kier alpha value is -1.30. The van der Waals surface area contributed by atoms with Crippen LogP contribution in [-0.2, 0) is 6.42 Å². The predicted octanol–water partition coefficient (Wildman–Crippen LogP) is 5.22. The first-order chi connectivity index (χ1) is 10.0. The minimum Gasteiger partial charge on any atom is -0.387 e. The molecule has 1 heterocycles. The van der Waals surface area contributed by atoms with Gasteiger partial charge in [0.1, 0.15) is 11.6 Å². The summed E-state index contributed by atoms with van der Waals surface area (Å²) >= 11 is 4.59. The minimum absolute atomic E-state index is 0.292. The predicted molar refractivity (Wildman–Crippen MR) is 84.5 cm³/mol. The van der Waals surface area contributed by atoms with Crippen molar-refractivity contribution in [2.24, 2.45) is 0 Å². The Labute approximate surface area is 133 Å². The first-order valence-electron chi connectivity index (χ1n) is 6.33. The van der Waals surface area contributed by atoms with Gasteiger partial charge in [0.05, 0.1) is 6.10 Å². The van der Waals surface area contributed by atoms with Crippen LogP contribution in [0.2, 0.25) is 0 Å². The lowest BCUT2D eigenvalue weighted by molar-refractivity contribution is 0.182. The molecule has 0 fully saturated rings. The molecule has 0 aliphatic carbocycles. The van der Waals surface area contributed by atoms with Crippen LogP contribution in [0.15, 0.2) is 46.9 Å². The maximum Gasteiger partial charge on any atom is 0.124 e. The molecule has 1 aromatic heterocycles. The average Bonchev–Trinajstić information content (AvgIpc) is 2.80. The van der Waals surface area contributed by atoms with Crippen LogP contribution in [0.1, 0.15) is 16.5 Å². The van der Waals surface area contributed by atoms with Gasteiger partial charge in [0.2, 0.25) is 0 Å². The van der Waals surface area contributed by atoms with E-state index < -0.39 is 6.10 Å². The molecular formula is C16H11BrF2OS. The molecule has 1 N–H and O–H groups in total. The van der Waals surface area contributed by atoms with E-state index in [9.17, 15) is 13.9 Å². The van der Waals surface area contributed by atoms with Crippen molar-refractivity contribution in [3.63, 3.8) is 0 Å². The third kappa shape index (κ3) is 3.31. The van der Waals surface area contributed by atoms with E-state index in [0.717, 1.165) is 15.0 Å². The number of hydrogen-bond donors (Lipinski definition) is 1. The van der Waals surface area contributed by atoms with E-state index in [2.05, 4.69) is 15.9 Å². The van der Waals surface area contributed by atoms with Crippen molar-refractivity contribution in [2.75, 3.05) is 0 Å². The van der Waals surface area contributed by atoms with Gasteiger partial charge in [-0.3, -0.25) is 0 Å². The molecule has 108 valence electrons. The fraction of sp³-hybridized carbons (Fsp3) is 0.125. The van der Waals surface area contributed by atoms with Crippen LogP contribution in [-0.4, -0.2) is 5.11 Å². The highest BCUT2D eigenvalue weighted by atomic mass is 79.9. The van der Waals surface area contributed by atoms with Gasteiger partial charge in [-0.2, -0.15) is 0 Å². The van der Waals surface area contributed by atoms with E-state index in [4.69, 9.17) is 0 Å². The fourth-order valence-corrected chi connectivity index (χ4v) is 3.83. The molecule has 2 aromatic carbocycles. The van der Waals surface area contributed by atoms with Crippen molar-refractivity contribution in [3.8, 4) is 0 Å². The third-order valence-electron chi connectivity index (χ3n) is 3.18. The quantitative estimate of drug-likeness (QED) is 0.671. The van der Waals surface area contributed by atoms with Crippen LogP contribution >= 0.6 is 27.3 Å². The summed E-state index contributed by atoms with van der Waals surface area (Å²) in [6, 6.07) is 10.9. The van der Waals surface area contributed by atoms with Gasteiger partial charge in [-0.25, -0.2) is 8.78 Å². The number of aliphatic hydroxyl groups excluding tert-OH is 1. The van der Waals surface area contributed by atoms with Crippen LogP contribution in [0, 0.1) is 11.6 Å². The molecule has 3 aromatic rings. The third-order valence-corrected chi connectivity index (χ3v) is 4.84. The number of aliphatic hydroxyl groups is 1. The Morgan fingerprint density at radius 3 is 2.62 bits per heavy atom. The largest absolute Gasteiger partial charge is 0.387 e. The fourth-order valence-electron chi connectivity index (χ4n) is 2.24. The van der Waals surface area contributed by atoms with E-state index in [-0.39, 0.29) is 11.6 Å². The van der Waals surface area contributed by atoms with Gasteiger partial charge < -0.3 is 5.11 Å². The molecule has 21 heavy (non-hydrogen) atoms. The lowest BCUT2D eigenvalue weighted by atomic mass is 10.1. The van der Waals surface area contributed by atoms with E-state index in [1.165, 1.54) is 35.6 Å². The summed E-state index contributed by atoms with van der Waals surface area (Å²) in [6.07, 6.45) is -0.426. The van der Waals surface area contributed by atoms with E-state index in [1.54, 1.807) is 12.1 Å². The van der Waals surface area contributed by atoms with Crippen molar-refractivity contribution >= 4 is 37.4 Å². The van der Waals surface area contributed by atoms with E-state index >= 15 is 0 Å². The van der Waals surface area contributed by atoms with Gasteiger partial charge in [0.15, 0.2) is 0 Å². The summed E-state index contributed by atoms with van der Waals surface area (Å²) in [6.45, 7) is 0. The summed E-state index contributed by atoms with van der Waals surface area (Å²) < 4.78 is 28.0. The lowest BCUT2D eigenvalue weighted by Gasteiger charge is -2.09. The Balaban J connectivity index is 1.87. The molecule has 5 heteroatoms. The standard InChI is InChI=1S/C16H11BrF2OS/c17-11-3-9(4-13(19)7-11)5-14(20)16-6-10-1-2-12(18)8-15(10)21-16/h1-4,6-8,14,20H,5H2. The highest BCUT2D eigenvalue weighted by Gasteiger charge is 2.13. The number of fused-ring (bicyclic) bond motifs is 1. The summed E-state index contributed by atoms with van der Waals surface area (Å²) in [5, 5.41) is 11.2. The molecule has 0 bridgehead atoms. The van der Waals surface area contributed by atoms with Crippen LogP contribution in [0.3, 0.4) is 0 Å². The molecule has 0 saturated heterocycles. The number of hydrogen-bond acceptors (Lipinski definition) is 2. The number of thiophene rings is 1. The topological polar surface area (TPSA) is 20.2 Å². The van der Waals surface area contributed by atoms with Gasteiger partial charge in [-0.1, -0.05) is 22.0 Å². The molecule has 1 atom stereocenters. The van der Waals surface area contributed by atoms with Crippen molar-refractivity contribution < 1.29 is 13.9 Å². The molecule has 0 saturated carbocycles. The molecular weight excluding hydrogens is 358 g/mol. The van der Waals surface area contributed by atoms with Gasteiger partial charge in [-0.15, -0.1) is 11.3 Å². The molecule has 0 spiro atoms. The van der Waals surface area contributed by atoms with Crippen LogP contribution < -0.4 is 0 Å². The number of halogens is 3. The zero-order chi connectivity index (χ0) is 15.0. The van der Waals surface area contributed by atoms with E-state index in [0.29, 0.717) is 16.5 Å². The van der Waals surface area contributed by atoms with Gasteiger partial charge in [0.25, 0.3) is 0 Å². The summed E-state index contributed by atoms with van der Waals surface area (Å²) in [5.74, 6) is -0.635. The zero-order valence-electron chi connectivity index (χ0n) is 10.8. The smallest absolute Gasteiger partial charge is 0.124 e. The van der Waals surface area contributed by atoms with E-state index in [1.807, 2.05) is 6.07 Å². The van der Waals surface area contributed by atoms with Crippen LogP contribution in [0.25, 0.3) is 10.1 Å². The van der Waals surface area contributed by atoms with Crippen molar-refractivity contribution in [3.05, 3.63) is 69.0 Å². The molecule has 1 unspecified atom stereocenters. The first kappa shape index (κ1) is 14.6. The van der Waals surface area contributed by atoms with Gasteiger partial charge in [0, 0.05) is 20.5 Å². The second kappa shape index (κ2) is 5.83. The zero-order valence-corrected chi connectivity index (χ0v) is 13.2.